The van der Waals surface area contributed by atoms with E-state index >= 15 is 0 Å². The third-order valence-corrected chi connectivity index (χ3v) is 6.80. The molecule has 11 heteroatoms. The minimum atomic E-state index is -0.825. The molecule has 43 heavy (non-hydrogen) atoms. The second kappa shape index (κ2) is 14.7. The van der Waals surface area contributed by atoms with Gasteiger partial charge in [0.05, 0.1) is 30.8 Å². The fraction of sp³-hybridized carbons (Fsp3) is 0.281. The smallest absolute Gasteiger partial charge is 0.331 e. The predicted octanol–water partition coefficient (Wildman–Crippen LogP) is 6.42. The van der Waals surface area contributed by atoms with E-state index in [1.54, 1.807) is 49.4 Å². The molecule has 3 aromatic carbocycles. The fourth-order valence-corrected chi connectivity index (χ4v) is 4.87. The van der Waals surface area contributed by atoms with Crippen LogP contribution in [0.4, 0.5) is 9.18 Å². The van der Waals surface area contributed by atoms with Gasteiger partial charge in [0, 0.05) is 0 Å². The molecule has 1 N–H and O–H groups in total. The molecule has 1 aliphatic heterocycles. The molecule has 0 atom stereocenters. The molecule has 0 radical (unpaired) electrons. The first-order valence-electron chi connectivity index (χ1n) is 13.8. The molecule has 4 rings (SSSR count). The molecule has 0 unspecified atom stereocenters. The Labute approximate surface area is 257 Å². The molecule has 0 bridgehead atoms. The van der Waals surface area contributed by atoms with Gasteiger partial charge in [-0.15, -0.1) is 0 Å². The Morgan fingerprint density at radius 2 is 1.63 bits per heavy atom. The van der Waals surface area contributed by atoms with Crippen LogP contribution in [0.1, 0.15) is 43.9 Å². The Balaban J connectivity index is 1.59. The van der Waals surface area contributed by atoms with Gasteiger partial charge in [0.2, 0.25) is 0 Å². The van der Waals surface area contributed by atoms with Crippen LogP contribution in [-0.4, -0.2) is 42.6 Å². The second-order valence-electron chi connectivity index (χ2n) is 9.45. The quantitative estimate of drug-likeness (QED) is 0.168. The van der Waals surface area contributed by atoms with Gasteiger partial charge in [-0.1, -0.05) is 25.1 Å². The number of rotatable bonds is 13. The van der Waals surface area contributed by atoms with E-state index in [9.17, 15) is 18.8 Å². The highest BCUT2D eigenvalue weighted by Gasteiger charge is 2.36. The summed E-state index contributed by atoms with van der Waals surface area (Å²) < 4.78 is 37.2. The number of hydrogen-bond acceptors (Lipinski definition) is 7. The first-order chi connectivity index (χ1) is 20.7. The summed E-state index contributed by atoms with van der Waals surface area (Å²) in [5, 5.41) is 2.24. The van der Waals surface area contributed by atoms with E-state index in [-0.39, 0.29) is 24.5 Å². The minimum Gasteiger partial charge on any atom is -0.490 e. The van der Waals surface area contributed by atoms with Crippen LogP contribution in [0.3, 0.4) is 0 Å². The Morgan fingerprint density at radius 3 is 2.35 bits per heavy atom. The summed E-state index contributed by atoms with van der Waals surface area (Å²) in [6.07, 6.45) is 2.21. The number of amides is 4. The van der Waals surface area contributed by atoms with Gasteiger partial charge in [-0.3, -0.25) is 19.8 Å². The number of benzene rings is 3. The standard InChI is InChI=1S/C32H32BrFN2O7/c1-4-12-42-26-11-10-20(16-27(26)40-5-2)18-36-31(38)24(30(37)35-32(36)39)14-22-15-25(33)29(28(17-22)41-6-3)43-19-21-8-7-9-23(34)13-21/h7-11,13-17H,4-6,12,18-19H2,1-3H3,(H,35,37,39)/b24-14+. The van der Waals surface area contributed by atoms with E-state index in [2.05, 4.69) is 21.2 Å². The molecule has 9 nitrogen and oxygen atoms in total. The van der Waals surface area contributed by atoms with Gasteiger partial charge < -0.3 is 18.9 Å². The van der Waals surface area contributed by atoms with E-state index in [0.717, 1.165) is 11.3 Å². The van der Waals surface area contributed by atoms with Gasteiger partial charge in [0.25, 0.3) is 11.8 Å². The van der Waals surface area contributed by atoms with Crippen molar-refractivity contribution in [1.29, 1.82) is 0 Å². The summed E-state index contributed by atoms with van der Waals surface area (Å²) in [5.74, 6) is -0.146. The lowest BCUT2D eigenvalue weighted by Crippen LogP contribution is -2.53. The summed E-state index contributed by atoms with van der Waals surface area (Å²) in [6.45, 7) is 6.88. The van der Waals surface area contributed by atoms with Crippen molar-refractivity contribution in [3.8, 4) is 23.0 Å². The van der Waals surface area contributed by atoms with Crippen LogP contribution in [0, 0.1) is 5.82 Å². The molecule has 1 aliphatic rings. The molecule has 0 saturated carbocycles. The highest BCUT2D eigenvalue weighted by atomic mass is 79.9. The van der Waals surface area contributed by atoms with Crippen molar-refractivity contribution < 1.29 is 37.7 Å². The van der Waals surface area contributed by atoms with E-state index in [0.29, 0.717) is 64.0 Å². The Kier molecular flexibility index (Phi) is 10.8. The van der Waals surface area contributed by atoms with Gasteiger partial charge in [0.15, 0.2) is 23.0 Å². The van der Waals surface area contributed by atoms with Gasteiger partial charge in [-0.05, 0) is 95.4 Å². The summed E-state index contributed by atoms with van der Waals surface area (Å²) in [7, 11) is 0. The first kappa shape index (κ1) is 31.6. The summed E-state index contributed by atoms with van der Waals surface area (Å²) >= 11 is 3.48. The maximum atomic E-state index is 13.6. The molecule has 4 amide bonds. The normalized spacial score (nSPS) is 14.1. The van der Waals surface area contributed by atoms with Crippen molar-refractivity contribution in [3.05, 3.63) is 87.2 Å². The number of nitrogens with zero attached hydrogens (tertiary/aromatic N) is 1. The van der Waals surface area contributed by atoms with Crippen molar-refractivity contribution >= 4 is 39.9 Å². The number of ether oxygens (including phenoxy) is 4. The summed E-state index contributed by atoms with van der Waals surface area (Å²) in [5.41, 5.74) is 1.48. The van der Waals surface area contributed by atoms with Crippen molar-refractivity contribution in [2.45, 2.75) is 40.3 Å². The fourth-order valence-electron chi connectivity index (χ4n) is 4.29. The van der Waals surface area contributed by atoms with E-state index < -0.39 is 17.8 Å². The number of halogens is 2. The lowest BCUT2D eigenvalue weighted by atomic mass is 10.1. The number of hydrogen-bond donors (Lipinski definition) is 1. The van der Waals surface area contributed by atoms with Crippen LogP contribution in [-0.2, 0) is 22.7 Å². The number of urea groups is 1. The third-order valence-electron chi connectivity index (χ3n) is 6.21. The molecule has 0 aromatic heterocycles. The topological polar surface area (TPSA) is 103 Å². The van der Waals surface area contributed by atoms with Crippen molar-refractivity contribution in [2.24, 2.45) is 0 Å². The van der Waals surface area contributed by atoms with Crippen LogP contribution in [0.2, 0.25) is 0 Å². The lowest BCUT2D eigenvalue weighted by molar-refractivity contribution is -0.130. The molecule has 0 aliphatic carbocycles. The van der Waals surface area contributed by atoms with Crippen LogP contribution >= 0.6 is 15.9 Å². The first-order valence-corrected chi connectivity index (χ1v) is 14.6. The molecular formula is C32H32BrFN2O7. The zero-order chi connectivity index (χ0) is 30.9. The molecule has 0 spiro atoms. The maximum Gasteiger partial charge on any atom is 0.331 e. The largest absolute Gasteiger partial charge is 0.490 e. The molecule has 1 fully saturated rings. The second-order valence-corrected chi connectivity index (χ2v) is 10.3. The molecule has 1 saturated heterocycles. The van der Waals surface area contributed by atoms with E-state index in [1.165, 1.54) is 18.2 Å². The van der Waals surface area contributed by atoms with Gasteiger partial charge in [0.1, 0.15) is 18.0 Å². The molecular weight excluding hydrogens is 623 g/mol. The van der Waals surface area contributed by atoms with E-state index in [1.807, 2.05) is 13.8 Å². The average Bonchev–Trinajstić information content (AvgIpc) is 2.97. The molecule has 1 heterocycles. The highest BCUT2D eigenvalue weighted by molar-refractivity contribution is 9.10. The predicted molar refractivity (Wildman–Crippen MR) is 162 cm³/mol. The number of carbonyl (C=O) groups excluding carboxylic acids is 3. The number of carbonyl (C=O) groups is 3. The zero-order valence-electron chi connectivity index (χ0n) is 24.1. The Morgan fingerprint density at radius 1 is 0.860 bits per heavy atom. The third kappa shape index (κ3) is 7.92. The van der Waals surface area contributed by atoms with Crippen molar-refractivity contribution in [3.63, 3.8) is 0 Å². The minimum absolute atomic E-state index is 0.0888. The molecule has 226 valence electrons. The number of barbiturate groups is 1. The van der Waals surface area contributed by atoms with E-state index in [4.69, 9.17) is 18.9 Å². The number of nitrogens with one attached hydrogen (secondary N) is 1. The SMILES string of the molecule is CCCOc1ccc(CN2C(=O)NC(=O)/C(=C\c3cc(Br)c(OCc4cccc(F)c4)c(OCC)c3)C2=O)cc1OCC. The van der Waals surface area contributed by atoms with Gasteiger partial charge >= 0.3 is 6.03 Å². The van der Waals surface area contributed by atoms with Crippen LogP contribution < -0.4 is 24.3 Å². The molecule has 3 aromatic rings. The lowest BCUT2D eigenvalue weighted by Gasteiger charge is -2.26. The van der Waals surface area contributed by atoms with Crippen molar-refractivity contribution in [2.75, 3.05) is 19.8 Å². The van der Waals surface area contributed by atoms with Crippen LogP contribution in [0.5, 0.6) is 23.0 Å². The number of imide groups is 2. The van der Waals surface area contributed by atoms with Gasteiger partial charge in [-0.25, -0.2) is 9.18 Å². The van der Waals surface area contributed by atoms with Crippen LogP contribution in [0.15, 0.2) is 64.6 Å². The Bertz CT molecular complexity index is 1540. The van der Waals surface area contributed by atoms with Crippen LogP contribution in [0.25, 0.3) is 6.08 Å². The monoisotopic (exact) mass is 654 g/mol. The average molecular weight is 656 g/mol. The van der Waals surface area contributed by atoms with Crippen molar-refractivity contribution in [1.82, 2.24) is 10.2 Å². The summed E-state index contributed by atoms with van der Waals surface area (Å²) in [4.78, 5) is 39.9. The Hall–Kier alpha value is -4.38. The van der Waals surface area contributed by atoms with Gasteiger partial charge in [-0.2, -0.15) is 0 Å². The maximum absolute atomic E-state index is 13.6. The highest BCUT2D eigenvalue weighted by Crippen LogP contribution is 2.38. The summed E-state index contributed by atoms with van der Waals surface area (Å²) in [6, 6.07) is 13.7. The zero-order valence-corrected chi connectivity index (χ0v) is 25.7.